The molecule has 0 atom stereocenters. The molecule has 0 radical (unpaired) electrons. The van der Waals surface area contributed by atoms with E-state index >= 15 is 0 Å². The molecule has 0 unspecified atom stereocenters. The summed E-state index contributed by atoms with van der Waals surface area (Å²) >= 11 is 0. The predicted octanol–water partition coefficient (Wildman–Crippen LogP) is 11.5. The molecule has 0 aromatic heterocycles. The van der Waals surface area contributed by atoms with Crippen LogP contribution in [-0.4, -0.2) is 352 Å². The standard InChI is InChI=1S/C79H156N14/c1-73-39-41-75-76-42-40-74(2)72-78(76)79(77(75)71-73,43-23-19-21-25-53-88(63-35-67-90(55-27-45-80(3)4)56-28-46-81(5)6)64-36-68-91(57-29-47-82(7)8)58-30-48-83(9)10)44-24-20-22-26-54-89(65-37-69-92(59-31-49-84(11)12)60-32-50-85(13)14)66-38-70-93(61-33-51-86(15)16)62-34-52-87(17)18/h39-42,71-72H,19-38,43-70H2,1-18H3. The molecule has 1 aliphatic rings. The fraction of sp³-hybridized carbons (Fsp3) is 0.848. The Labute approximate surface area is 579 Å². The van der Waals surface area contributed by atoms with E-state index in [0.717, 1.165) is 0 Å². The van der Waals surface area contributed by atoms with Gasteiger partial charge in [0.25, 0.3) is 0 Å². The van der Waals surface area contributed by atoms with Crippen molar-refractivity contribution < 1.29 is 0 Å². The van der Waals surface area contributed by atoms with Gasteiger partial charge in [-0.15, -0.1) is 0 Å². The Morgan fingerprint density at radius 1 is 0.204 bits per heavy atom. The summed E-state index contributed by atoms with van der Waals surface area (Å²) in [6, 6.07) is 14.9. The molecule has 14 heteroatoms. The summed E-state index contributed by atoms with van der Waals surface area (Å²) in [4.78, 5) is 35.7. The average molecular weight is 1300 g/mol. The smallest absolute Gasteiger partial charge is 0.0215 e. The second-order valence-electron chi connectivity index (χ2n) is 31.2. The van der Waals surface area contributed by atoms with Gasteiger partial charge in [-0.1, -0.05) is 86.1 Å². The summed E-state index contributed by atoms with van der Waals surface area (Å²) in [6.45, 7) is 35.8. The van der Waals surface area contributed by atoms with Crippen molar-refractivity contribution in [3.8, 4) is 11.1 Å². The first kappa shape index (κ1) is 85.1. The highest BCUT2D eigenvalue weighted by atomic mass is 15.2. The topological polar surface area (TPSA) is 45.4 Å². The third kappa shape index (κ3) is 39.9. The molecule has 0 heterocycles. The fourth-order valence-electron chi connectivity index (χ4n) is 14.6. The number of hydrogen-bond donors (Lipinski definition) is 0. The van der Waals surface area contributed by atoms with Gasteiger partial charge in [-0.25, -0.2) is 0 Å². The van der Waals surface area contributed by atoms with E-state index in [1.165, 1.54) is 334 Å². The number of nitrogens with zero attached hydrogens (tertiary/aromatic N) is 14. The van der Waals surface area contributed by atoms with Gasteiger partial charge >= 0.3 is 0 Å². The van der Waals surface area contributed by atoms with Crippen LogP contribution in [0.15, 0.2) is 36.4 Å². The largest absolute Gasteiger partial charge is 0.309 e. The van der Waals surface area contributed by atoms with E-state index in [1.807, 2.05) is 0 Å². The molecule has 14 nitrogen and oxygen atoms in total. The van der Waals surface area contributed by atoms with E-state index in [9.17, 15) is 0 Å². The third-order valence-corrected chi connectivity index (χ3v) is 19.8. The Kier molecular flexibility index (Phi) is 46.8. The number of unbranched alkanes of at least 4 members (excludes halogenated alkanes) is 6. The Morgan fingerprint density at radius 2 is 0.376 bits per heavy atom. The SMILES string of the molecule is Cc1ccc2c(c1)C(CCCCCCN(CCCN(CCCN(C)C)CCCN(C)C)CCCN(CCCN(C)C)CCCN(C)C)(CCCCCCN(CCCN(CCCN(C)C)CCCN(C)C)CCCN(CCCN(C)C)CCCN(C)C)c1cc(C)ccc1-2. The summed E-state index contributed by atoms with van der Waals surface area (Å²) in [5.74, 6) is 0. The second kappa shape index (κ2) is 51.1. The van der Waals surface area contributed by atoms with E-state index in [4.69, 9.17) is 0 Å². The molecule has 0 fully saturated rings. The van der Waals surface area contributed by atoms with Crippen LogP contribution in [0.3, 0.4) is 0 Å². The zero-order valence-electron chi connectivity index (χ0n) is 65.2. The highest BCUT2D eigenvalue weighted by Crippen LogP contribution is 2.54. The molecule has 0 spiro atoms. The van der Waals surface area contributed by atoms with Crippen LogP contribution in [-0.2, 0) is 5.41 Å². The number of rotatable bonds is 62. The maximum absolute atomic E-state index is 2.89. The van der Waals surface area contributed by atoms with Crippen molar-refractivity contribution in [2.24, 2.45) is 0 Å². The first-order chi connectivity index (χ1) is 44.6. The van der Waals surface area contributed by atoms with Crippen molar-refractivity contribution in [3.05, 3.63) is 58.7 Å². The van der Waals surface area contributed by atoms with E-state index < -0.39 is 0 Å². The summed E-state index contributed by atoms with van der Waals surface area (Å²) in [5, 5.41) is 0. The molecule has 0 bridgehead atoms. The van der Waals surface area contributed by atoms with Gasteiger partial charge in [-0.05, 0) is 422 Å². The van der Waals surface area contributed by atoms with Gasteiger partial charge in [0.15, 0.2) is 0 Å². The first-order valence-electron chi connectivity index (χ1n) is 38.3. The van der Waals surface area contributed by atoms with Crippen molar-refractivity contribution in [2.45, 2.75) is 161 Å². The lowest BCUT2D eigenvalue weighted by atomic mass is 9.70. The average Bonchev–Trinajstić information content (AvgIpc) is 1.57. The second-order valence-corrected chi connectivity index (χ2v) is 31.2. The molecule has 0 N–H and O–H groups in total. The van der Waals surface area contributed by atoms with Crippen LogP contribution in [0.25, 0.3) is 11.1 Å². The van der Waals surface area contributed by atoms with Gasteiger partial charge in [-0.2, -0.15) is 0 Å². The lowest BCUT2D eigenvalue weighted by molar-refractivity contribution is 0.193. The van der Waals surface area contributed by atoms with Crippen molar-refractivity contribution in [3.63, 3.8) is 0 Å². The summed E-state index contributed by atoms with van der Waals surface area (Å²) in [6.07, 6.45) is 28.0. The van der Waals surface area contributed by atoms with Crippen LogP contribution in [0.4, 0.5) is 0 Å². The fourth-order valence-corrected chi connectivity index (χ4v) is 14.6. The van der Waals surface area contributed by atoms with Gasteiger partial charge in [-0.3, -0.25) is 0 Å². The number of aryl methyl sites for hydroxylation is 2. The molecule has 542 valence electrons. The molecule has 2 aromatic carbocycles. The molecule has 0 amide bonds. The minimum Gasteiger partial charge on any atom is -0.309 e. The van der Waals surface area contributed by atoms with E-state index in [1.54, 1.807) is 11.1 Å². The third-order valence-electron chi connectivity index (χ3n) is 19.8. The Hall–Kier alpha value is -2.12. The monoisotopic (exact) mass is 1300 g/mol. The Morgan fingerprint density at radius 3 is 0.570 bits per heavy atom. The molecule has 1 aliphatic carbocycles. The van der Waals surface area contributed by atoms with Crippen molar-refractivity contribution in [1.82, 2.24) is 68.6 Å². The lowest BCUT2D eigenvalue weighted by Gasteiger charge is -2.33. The van der Waals surface area contributed by atoms with Crippen LogP contribution in [0, 0.1) is 13.8 Å². The minimum atomic E-state index is 0.0899. The Bertz CT molecular complexity index is 1820. The maximum atomic E-state index is 2.89. The lowest BCUT2D eigenvalue weighted by Crippen LogP contribution is -2.36. The zero-order valence-corrected chi connectivity index (χ0v) is 65.2. The van der Waals surface area contributed by atoms with Gasteiger partial charge < -0.3 is 68.6 Å². The molecule has 0 saturated heterocycles. The van der Waals surface area contributed by atoms with Gasteiger partial charge in [0.2, 0.25) is 0 Å². The van der Waals surface area contributed by atoms with Crippen LogP contribution >= 0.6 is 0 Å². The van der Waals surface area contributed by atoms with Gasteiger partial charge in [0, 0.05) is 5.41 Å². The highest BCUT2D eigenvalue weighted by Gasteiger charge is 2.42. The normalized spacial score (nSPS) is 13.5. The zero-order chi connectivity index (χ0) is 68.2. The molecule has 3 rings (SSSR count). The number of benzene rings is 2. The minimum absolute atomic E-state index is 0.0899. The van der Waals surface area contributed by atoms with Crippen molar-refractivity contribution >= 4 is 0 Å². The quantitative estimate of drug-likeness (QED) is 0.0591. The van der Waals surface area contributed by atoms with Crippen molar-refractivity contribution in [2.75, 3.05) is 283 Å². The van der Waals surface area contributed by atoms with Crippen LogP contribution < -0.4 is 0 Å². The summed E-state index contributed by atoms with van der Waals surface area (Å²) in [5.41, 5.74) is 9.19. The molecule has 2 aromatic rings. The van der Waals surface area contributed by atoms with Crippen LogP contribution in [0.5, 0.6) is 0 Å². The number of hydrogen-bond acceptors (Lipinski definition) is 14. The van der Waals surface area contributed by atoms with Crippen LogP contribution in [0.1, 0.15) is 164 Å². The highest BCUT2D eigenvalue weighted by molar-refractivity contribution is 5.81. The summed E-state index contributed by atoms with van der Waals surface area (Å²) < 4.78 is 0. The van der Waals surface area contributed by atoms with Crippen LogP contribution in [0.2, 0.25) is 0 Å². The molecule has 0 saturated carbocycles. The molecule has 0 aliphatic heterocycles. The maximum Gasteiger partial charge on any atom is 0.0215 e. The van der Waals surface area contributed by atoms with E-state index in [-0.39, 0.29) is 5.41 Å². The first-order valence-corrected chi connectivity index (χ1v) is 38.3. The van der Waals surface area contributed by atoms with Gasteiger partial charge in [0.05, 0.1) is 0 Å². The Balaban J connectivity index is 1.76. The molecular formula is C79H156N14. The number of fused-ring (bicyclic) bond motifs is 3. The molecule has 93 heavy (non-hydrogen) atoms. The molecular weight excluding hydrogens is 1140 g/mol. The van der Waals surface area contributed by atoms with Gasteiger partial charge in [0.1, 0.15) is 0 Å². The summed E-state index contributed by atoms with van der Waals surface area (Å²) in [7, 11) is 35.5. The van der Waals surface area contributed by atoms with E-state index in [0.29, 0.717) is 0 Å². The van der Waals surface area contributed by atoms with Crippen molar-refractivity contribution in [1.29, 1.82) is 0 Å². The van der Waals surface area contributed by atoms with E-state index in [2.05, 4.69) is 232 Å². The predicted molar refractivity (Wildman–Crippen MR) is 411 cm³/mol.